The summed E-state index contributed by atoms with van der Waals surface area (Å²) in [6.07, 6.45) is 3.67. The molecule has 0 spiro atoms. The lowest BCUT2D eigenvalue weighted by atomic mass is 10.3. The third kappa shape index (κ3) is 3.81. The van der Waals surface area contributed by atoms with Crippen molar-refractivity contribution < 1.29 is 4.79 Å². The maximum absolute atomic E-state index is 11.6. The number of hydrogen-bond donors (Lipinski definition) is 3. The van der Waals surface area contributed by atoms with Crippen molar-refractivity contribution in [3.05, 3.63) is 46.6 Å². The standard InChI is InChI=1S/C15H14Cl2N4O/c16-11-2-1-3-12(17)14(11)21-13-7-6-10(8-18-13)20-15(22)19-9-4-5-9/h1-3,6-9H,4-5H2,(H,18,21)(H2,19,20,22). The van der Waals surface area contributed by atoms with Gasteiger partial charge in [-0.2, -0.15) is 0 Å². The van der Waals surface area contributed by atoms with E-state index >= 15 is 0 Å². The second-order valence-corrected chi connectivity index (χ2v) is 5.84. The van der Waals surface area contributed by atoms with Crippen LogP contribution in [0.5, 0.6) is 0 Å². The molecular formula is C15H14Cl2N4O. The predicted molar refractivity (Wildman–Crippen MR) is 89.2 cm³/mol. The van der Waals surface area contributed by atoms with Crippen LogP contribution < -0.4 is 16.0 Å². The fourth-order valence-corrected chi connectivity index (χ4v) is 2.36. The Labute approximate surface area is 138 Å². The van der Waals surface area contributed by atoms with Gasteiger partial charge >= 0.3 is 6.03 Å². The minimum absolute atomic E-state index is 0.209. The first kappa shape index (κ1) is 14.9. The molecule has 114 valence electrons. The second kappa shape index (κ2) is 6.42. The number of amides is 2. The fourth-order valence-electron chi connectivity index (χ4n) is 1.87. The zero-order valence-corrected chi connectivity index (χ0v) is 13.1. The summed E-state index contributed by atoms with van der Waals surface area (Å²) < 4.78 is 0. The number of hydrogen-bond acceptors (Lipinski definition) is 3. The lowest BCUT2D eigenvalue weighted by Gasteiger charge is -2.10. The van der Waals surface area contributed by atoms with E-state index in [0.717, 1.165) is 12.8 Å². The molecule has 1 aromatic carbocycles. The predicted octanol–water partition coefficient (Wildman–Crippen LogP) is 4.42. The molecule has 0 radical (unpaired) electrons. The molecule has 1 heterocycles. The van der Waals surface area contributed by atoms with Crippen LogP contribution in [0.2, 0.25) is 10.0 Å². The first-order chi connectivity index (χ1) is 10.6. The zero-order chi connectivity index (χ0) is 15.5. The lowest BCUT2D eigenvalue weighted by Crippen LogP contribution is -2.30. The smallest absolute Gasteiger partial charge is 0.319 e. The van der Waals surface area contributed by atoms with Gasteiger partial charge in [-0.15, -0.1) is 0 Å². The Morgan fingerprint density at radius 3 is 2.45 bits per heavy atom. The molecule has 3 rings (SSSR count). The molecular weight excluding hydrogens is 323 g/mol. The Bertz CT molecular complexity index is 666. The number of rotatable bonds is 4. The third-order valence-electron chi connectivity index (χ3n) is 3.15. The van der Waals surface area contributed by atoms with Crippen LogP contribution in [0.15, 0.2) is 36.5 Å². The molecule has 1 aliphatic rings. The number of aromatic nitrogens is 1. The number of pyridine rings is 1. The lowest BCUT2D eigenvalue weighted by molar-refractivity contribution is 0.251. The largest absolute Gasteiger partial charge is 0.338 e. The summed E-state index contributed by atoms with van der Waals surface area (Å²) in [6.45, 7) is 0. The highest BCUT2D eigenvalue weighted by molar-refractivity contribution is 6.39. The number of nitrogens with zero attached hydrogens (tertiary/aromatic N) is 1. The molecule has 1 fully saturated rings. The number of benzene rings is 1. The van der Waals surface area contributed by atoms with Crippen molar-refractivity contribution in [2.75, 3.05) is 10.6 Å². The van der Waals surface area contributed by atoms with Crippen molar-refractivity contribution in [2.24, 2.45) is 0 Å². The number of anilines is 3. The summed E-state index contributed by atoms with van der Waals surface area (Å²) in [5.41, 5.74) is 1.22. The maximum atomic E-state index is 11.6. The van der Waals surface area contributed by atoms with Gasteiger partial charge in [-0.3, -0.25) is 0 Å². The average molecular weight is 337 g/mol. The molecule has 22 heavy (non-hydrogen) atoms. The van der Waals surface area contributed by atoms with Crippen molar-refractivity contribution in [1.82, 2.24) is 10.3 Å². The Morgan fingerprint density at radius 1 is 1.14 bits per heavy atom. The van der Waals surface area contributed by atoms with Crippen LogP contribution >= 0.6 is 23.2 Å². The highest BCUT2D eigenvalue weighted by atomic mass is 35.5. The van der Waals surface area contributed by atoms with Gasteiger partial charge in [0.15, 0.2) is 0 Å². The summed E-state index contributed by atoms with van der Waals surface area (Å²) in [5, 5.41) is 9.67. The Kier molecular flexibility index (Phi) is 4.36. The summed E-state index contributed by atoms with van der Waals surface area (Å²) in [7, 11) is 0. The summed E-state index contributed by atoms with van der Waals surface area (Å²) in [6, 6.07) is 8.87. The van der Waals surface area contributed by atoms with E-state index in [0.29, 0.717) is 33.3 Å². The van der Waals surface area contributed by atoms with Crippen LogP contribution in [0.25, 0.3) is 0 Å². The van der Waals surface area contributed by atoms with Crippen molar-refractivity contribution in [1.29, 1.82) is 0 Å². The molecule has 1 aliphatic carbocycles. The van der Waals surface area contributed by atoms with Crippen LogP contribution in [0.4, 0.5) is 22.0 Å². The number of nitrogens with one attached hydrogen (secondary N) is 3. The van der Waals surface area contributed by atoms with E-state index < -0.39 is 0 Å². The molecule has 0 atom stereocenters. The van der Waals surface area contributed by atoms with Crippen molar-refractivity contribution >= 4 is 46.4 Å². The van der Waals surface area contributed by atoms with E-state index in [1.807, 2.05) is 0 Å². The molecule has 0 aliphatic heterocycles. The Morgan fingerprint density at radius 2 is 1.86 bits per heavy atom. The van der Waals surface area contributed by atoms with Gasteiger partial charge < -0.3 is 16.0 Å². The molecule has 1 saturated carbocycles. The second-order valence-electron chi connectivity index (χ2n) is 5.03. The molecule has 2 aromatic rings. The minimum Gasteiger partial charge on any atom is -0.338 e. The summed E-state index contributed by atoms with van der Waals surface area (Å²) in [4.78, 5) is 15.9. The van der Waals surface area contributed by atoms with Crippen LogP contribution in [0.3, 0.4) is 0 Å². The van der Waals surface area contributed by atoms with Gasteiger partial charge in [0.25, 0.3) is 0 Å². The topological polar surface area (TPSA) is 66.0 Å². The number of carbonyl (C=O) groups is 1. The van der Waals surface area contributed by atoms with Crippen molar-refractivity contribution in [2.45, 2.75) is 18.9 Å². The van der Waals surface area contributed by atoms with Crippen LogP contribution in [0.1, 0.15) is 12.8 Å². The number of halogens is 2. The van der Waals surface area contributed by atoms with E-state index in [-0.39, 0.29) is 6.03 Å². The molecule has 2 amide bonds. The third-order valence-corrected chi connectivity index (χ3v) is 3.78. The monoisotopic (exact) mass is 336 g/mol. The fraction of sp³-hybridized carbons (Fsp3) is 0.200. The molecule has 0 saturated heterocycles. The average Bonchev–Trinajstić information content (AvgIpc) is 3.29. The van der Waals surface area contributed by atoms with Gasteiger partial charge in [0.05, 0.1) is 27.6 Å². The Hall–Kier alpha value is -1.98. The van der Waals surface area contributed by atoms with E-state index in [2.05, 4.69) is 20.9 Å². The molecule has 1 aromatic heterocycles. The van der Waals surface area contributed by atoms with Gasteiger partial charge in [0, 0.05) is 6.04 Å². The maximum Gasteiger partial charge on any atom is 0.319 e. The summed E-state index contributed by atoms with van der Waals surface area (Å²) in [5.74, 6) is 0.586. The van der Waals surface area contributed by atoms with E-state index in [9.17, 15) is 4.79 Å². The quantitative estimate of drug-likeness (QED) is 0.774. The number of para-hydroxylation sites is 1. The molecule has 7 heteroatoms. The molecule has 3 N–H and O–H groups in total. The van der Waals surface area contributed by atoms with Crippen LogP contribution in [-0.2, 0) is 0 Å². The zero-order valence-electron chi connectivity index (χ0n) is 11.6. The number of carbonyl (C=O) groups excluding carboxylic acids is 1. The van der Waals surface area contributed by atoms with Gasteiger partial charge in [0.1, 0.15) is 5.82 Å². The van der Waals surface area contributed by atoms with E-state index in [1.54, 1.807) is 36.5 Å². The van der Waals surface area contributed by atoms with E-state index in [1.165, 1.54) is 0 Å². The normalized spacial score (nSPS) is 13.5. The number of urea groups is 1. The van der Waals surface area contributed by atoms with E-state index in [4.69, 9.17) is 23.2 Å². The summed E-state index contributed by atoms with van der Waals surface area (Å²) >= 11 is 12.2. The van der Waals surface area contributed by atoms with Gasteiger partial charge in [0.2, 0.25) is 0 Å². The molecule has 0 unspecified atom stereocenters. The van der Waals surface area contributed by atoms with Crippen molar-refractivity contribution in [3.8, 4) is 0 Å². The molecule has 5 nitrogen and oxygen atoms in total. The SMILES string of the molecule is O=C(Nc1ccc(Nc2c(Cl)cccc2Cl)nc1)NC1CC1. The Balaban J connectivity index is 1.64. The van der Waals surface area contributed by atoms with Crippen molar-refractivity contribution in [3.63, 3.8) is 0 Å². The highest BCUT2D eigenvalue weighted by Crippen LogP contribution is 2.32. The highest BCUT2D eigenvalue weighted by Gasteiger charge is 2.23. The molecule has 0 bridgehead atoms. The first-order valence-electron chi connectivity index (χ1n) is 6.86. The first-order valence-corrected chi connectivity index (χ1v) is 7.62. The minimum atomic E-state index is -0.209. The van der Waals surface area contributed by atoms with Crippen LogP contribution in [-0.4, -0.2) is 17.1 Å². The van der Waals surface area contributed by atoms with Gasteiger partial charge in [-0.25, -0.2) is 9.78 Å². The van der Waals surface area contributed by atoms with Gasteiger partial charge in [-0.05, 0) is 37.1 Å². The van der Waals surface area contributed by atoms with Crippen LogP contribution in [0, 0.1) is 0 Å². The van der Waals surface area contributed by atoms with Gasteiger partial charge in [-0.1, -0.05) is 29.3 Å².